The van der Waals surface area contributed by atoms with Crippen molar-refractivity contribution in [2.24, 2.45) is 0 Å². The number of hydrogen-bond acceptors (Lipinski definition) is 5. The fourth-order valence-corrected chi connectivity index (χ4v) is 2.55. The molecule has 110 valence electrons. The largest absolute Gasteiger partial charge is 0.497 e. The van der Waals surface area contributed by atoms with Gasteiger partial charge in [-0.1, -0.05) is 6.07 Å². The second-order valence-corrected chi connectivity index (χ2v) is 5.39. The summed E-state index contributed by atoms with van der Waals surface area (Å²) in [5.41, 5.74) is 0. The van der Waals surface area contributed by atoms with Gasteiger partial charge in [-0.05, 0) is 18.2 Å². The van der Waals surface area contributed by atoms with Crippen LogP contribution in [0.5, 0.6) is 5.75 Å². The molecular formula is C14H19NO4S. The van der Waals surface area contributed by atoms with Gasteiger partial charge in [0.25, 0.3) is 0 Å². The molecule has 1 amide bonds. The lowest BCUT2D eigenvalue weighted by molar-refractivity contribution is -0.121. The summed E-state index contributed by atoms with van der Waals surface area (Å²) in [6.45, 7) is 2.27. The standard InChI is InChI=1S/C14H19NO4S/c1-17-11-3-2-4-13(7-11)20-10-14(16)15-8-12-9-18-5-6-19-12/h2-4,7,12H,5-6,8-10H2,1H3,(H,15,16)/t12-/m0/s1. The van der Waals surface area contributed by atoms with Crippen LogP contribution in [-0.2, 0) is 14.3 Å². The van der Waals surface area contributed by atoms with Crippen LogP contribution in [-0.4, -0.2) is 51.2 Å². The Morgan fingerprint density at radius 2 is 2.40 bits per heavy atom. The molecule has 1 saturated heterocycles. The summed E-state index contributed by atoms with van der Waals surface area (Å²) in [6.07, 6.45) is -0.0329. The molecule has 5 nitrogen and oxygen atoms in total. The topological polar surface area (TPSA) is 56.8 Å². The number of thioether (sulfide) groups is 1. The highest BCUT2D eigenvalue weighted by Gasteiger charge is 2.15. The number of hydrogen-bond donors (Lipinski definition) is 1. The molecule has 1 N–H and O–H groups in total. The highest BCUT2D eigenvalue weighted by molar-refractivity contribution is 8.00. The highest BCUT2D eigenvalue weighted by Crippen LogP contribution is 2.22. The van der Waals surface area contributed by atoms with Gasteiger partial charge in [0, 0.05) is 11.4 Å². The summed E-state index contributed by atoms with van der Waals surface area (Å²) in [6, 6.07) is 7.66. The Morgan fingerprint density at radius 1 is 1.50 bits per heavy atom. The highest BCUT2D eigenvalue weighted by atomic mass is 32.2. The third-order valence-corrected chi connectivity index (χ3v) is 3.82. The van der Waals surface area contributed by atoms with E-state index in [0.717, 1.165) is 10.6 Å². The zero-order valence-corrected chi connectivity index (χ0v) is 12.3. The molecule has 6 heteroatoms. The van der Waals surface area contributed by atoms with Crippen LogP contribution in [0.15, 0.2) is 29.2 Å². The molecule has 0 aliphatic carbocycles. The molecule has 0 aromatic heterocycles. The minimum absolute atomic E-state index is 0.00741. The van der Waals surface area contributed by atoms with Crippen molar-refractivity contribution in [1.82, 2.24) is 5.32 Å². The van der Waals surface area contributed by atoms with Gasteiger partial charge in [0.2, 0.25) is 5.91 Å². The van der Waals surface area contributed by atoms with E-state index < -0.39 is 0 Å². The van der Waals surface area contributed by atoms with Gasteiger partial charge in [-0.3, -0.25) is 4.79 Å². The van der Waals surface area contributed by atoms with E-state index in [1.807, 2.05) is 24.3 Å². The van der Waals surface area contributed by atoms with E-state index in [9.17, 15) is 4.79 Å². The van der Waals surface area contributed by atoms with Crippen molar-refractivity contribution in [2.45, 2.75) is 11.0 Å². The van der Waals surface area contributed by atoms with Gasteiger partial charge < -0.3 is 19.5 Å². The van der Waals surface area contributed by atoms with E-state index >= 15 is 0 Å². The first-order valence-electron chi connectivity index (χ1n) is 6.51. The fourth-order valence-electron chi connectivity index (χ4n) is 1.77. The van der Waals surface area contributed by atoms with Gasteiger partial charge in [0.15, 0.2) is 0 Å². The van der Waals surface area contributed by atoms with Crippen LogP contribution in [0.4, 0.5) is 0 Å². The molecule has 0 saturated carbocycles. The van der Waals surface area contributed by atoms with Crippen LogP contribution in [0.1, 0.15) is 0 Å². The number of nitrogens with one attached hydrogen (secondary N) is 1. The number of carbonyl (C=O) groups excluding carboxylic acids is 1. The van der Waals surface area contributed by atoms with Gasteiger partial charge in [-0.25, -0.2) is 0 Å². The Hall–Kier alpha value is -1.24. The number of ether oxygens (including phenoxy) is 3. The summed E-state index contributed by atoms with van der Waals surface area (Å²) in [5.74, 6) is 1.16. The first-order chi connectivity index (χ1) is 9.78. The molecule has 0 bridgehead atoms. The summed E-state index contributed by atoms with van der Waals surface area (Å²) in [4.78, 5) is 12.8. The van der Waals surface area contributed by atoms with Crippen LogP contribution < -0.4 is 10.1 Å². The zero-order valence-electron chi connectivity index (χ0n) is 11.5. The number of carbonyl (C=O) groups is 1. The lowest BCUT2D eigenvalue weighted by atomic mass is 10.3. The van der Waals surface area contributed by atoms with Crippen LogP contribution in [0.2, 0.25) is 0 Å². The molecule has 1 atom stereocenters. The summed E-state index contributed by atoms with van der Waals surface area (Å²) < 4.78 is 15.9. The molecule has 1 aromatic rings. The minimum Gasteiger partial charge on any atom is -0.497 e. The minimum atomic E-state index is -0.0329. The molecular weight excluding hydrogens is 278 g/mol. The van der Waals surface area contributed by atoms with Gasteiger partial charge in [-0.15, -0.1) is 11.8 Å². The molecule has 0 radical (unpaired) electrons. The first-order valence-corrected chi connectivity index (χ1v) is 7.49. The molecule has 2 rings (SSSR count). The summed E-state index contributed by atoms with van der Waals surface area (Å²) >= 11 is 1.48. The van der Waals surface area contributed by atoms with Crippen LogP contribution >= 0.6 is 11.8 Å². The Labute approximate surface area is 123 Å². The smallest absolute Gasteiger partial charge is 0.230 e. The van der Waals surface area contributed by atoms with Gasteiger partial charge in [0.1, 0.15) is 5.75 Å². The van der Waals surface area contributed by atoms with Gasteiger partial charge in [0.05, 0.1) is 38.8 Å². The Kier molecular flexibility index (Phi) is 6.17. The van der Waals surface area contributed by atoms with E-state index in [-0.39, 0.29) is 12.0 Å². The first kappa shape index (κ1) is 15.2. The number of amides is 1. The van der Waals surface area contributed by atoms with Crippen molar-refractivity contribution in [3.05, 3.63) is 24.3 Å². The second-order valence-electron chi connectivity index (χ2n) is 4.34. The molecule has 1 aliphatic rings. The van der Waals surface area contributed by atoms with Crippen molar-refractivity contribution in [1.29, 1.82) is 0 Å². The summed E-state index contributed by atoms with van der Waals surface area (Å²) in [5, 5.41) is 2.86. The maximum atomic E-state index is 11.8. The third kappa shape index (κ3) is 5.03. The van der Waals surface area contributed by atoms with E-state index in [4.69, 9.17) is 14.2 Å². The van der Waals surface area contributed by atoms with Crippen molar-refractivity contribution in [3.8, 4) is 5.75 Å². The molecule has 0 spiro atoms. The molecule has 0 unspecified atom stereocenters. The van der Waals surface area contributed by atoms with Crippen molar-refractivity contribution >= 4 is 17.7 Å². The monoisotopic (exact) mass is 297 g/mol. The van der Waals surface area contributed by atoms with Crippen molar-refractivity contribution in [3.63, 3.8) is 0 Å². The van der Waals surface area contributed by atoms with Crippen molar-refractivity contribution in [2.75, 3.05) is 39.2 Å². The zero-order chi connectivity index (χ0) is 14.2. The lowest BCUT2D eigenvalue weighted by Crippen LogP contribution is -2.40. The maximum absolute atomic E-state index is 11.8. The van der Waals surface area contributed by atoms with Gasteiger partial charge >= 0.3 is 0 Å². The van der Waals surface area contributed by atoms with Crippen LogP contribution in [0, 0.1) is 0 Å². The number of rotatable bonds is 6. The Morgan fingerprint density at radius 3 is 3.15 bits per heavy atom. The van der Waals surface area contributed by atoms with Gasteiger partial charge in [-0.2, -0.15) is 0 Å². The average molecular weight is 297 g/mol. The molecule has 1 heterocycles. The van der Waals surface area contributed by atoms with E-state index in [1.165, 1.54) is 11.8 Å². The van der Waals surface area contributed by atoms with E-state index in [2.05, 4.69) is 5.32 Å². The fraction of sp³-hybridized carbons (Fsp3) is 0.500. The SMILES string of the molecule is COc1cccc(SCC(=O)NC[C@H]2COCCO2)c1. The molecule has 1 aromatic carbocycles. The lowest BCUT2D eigenvalue weighted by Gasteiger charge is -2.23. The summed E-state index contributed by atoms with van der Waals surface area (Å²) in [7, 11) is 1.63. The number of methoxy groups -OCH3 is 1. The average Bonchev–Trinajstić information content (AvgIpc) is 2.52. The van der Waals surface area contributed by atoms with Crippen molar-refractivity contribution < 1.29 is 19.0 Å². The van der Waals surface area contributed by atoms with Crippen LogP contribution in [0.25, 0.3) is 0 Å². The predicted molar refractivity (Wildman–Crippen MR) is 77.3 cm³/mol. The Balaban J connectivity index is 1.68. The van der Waals surface area contributed by atoms with Crippen LogP contribution in [0.3, 0.4) is 0 Å². The molecule has 1 aliphatic heterocycles. The number of benzene rings is 1. The second kappa shape index (κ2) is 8.14. The predicted octanol–water partition coefficient (Wildman–Crippen LogP) is 1.32. The van der Waals surface area contributed by atoms with E-state index in [0.29, 0.717) is 32.1 Å². The molecule has 1 fully saturated rings. The third-order valence-electron chi connectivity index (χ3n) is 2.82. The molecule has 20 heavy (non-hydrogen) atoms. The Bertz CT molecular complexity index is 435. The van der Waals surface area contributed by atoms with E-state index in [1.54, 1.807) is 7.11 Å². The maximum Gasteiger partial charge on any atom is 0.230 e. The quantitative estimate of drug-likeness (QED) is 0.803. The normalized spacial score (nSPS) is 18.6.